The second kappa shape index (κ2) is 9.30. The van der Waals surface area contributed by atoms with Gasteiger partial charge in [0.25, 0.3) is 5.56 Å². The second-order valence-electron chi connectivity index (χ2n) is 7.22. The van der Waals surface area contributed by atoms with E-state index in [2.05, 4.69) is 20.5 Å². The van der Waals surface area contributed by atoms with Gasteiger partial charge in [0.1, 0.15) is 5.82 Å². The van der Waals surface area contributed by atoms with E-state index in [4.69, 9.17) is 0 Å². The number of unbranched alkanes of at least 4 members (excludes halogenated alkanes) is 2. The van der Waals surface area contributed by atoms with Gasteiger partial charge in [-0.25, -0.2) is 4.98 Å². The first-order chi connectivity index (χ1) is 14.7. The lowest BCUT2D eigenvalue weighted by Gasteiger charge is -2.07. The summed E-state index contributed by atoms with van der Waals surface area (Å²) in [6.07, 6.45) is 7.13. The Morgan fingerprint density at radius 2 is 1.87 bits per heavy atom. The third kappa shape index (κ3) is 4.53. The van der Waals surface area contributed by atoms with E-state index < -0.39 is 0 Å². The van der Waals surface area contributed by atoms with Crippen molar-refractivity contribution in [3.05, 3.63) is 71.2 Å². The molecule has 0 bridgehead atoms. The molecule has 0 atom stereocenters. The molecule has 0 aliphatic heterocycles. The van der Waals surface area contributed by atoms with Crippen molar-refractivity contribution in [2.75, 3.05) is 6.54 Å². The number of pyridine rings is 1. The topological polar surface area (TPSA) is 94.2 Å². The fourth-order valence-electron chi connectivity index (χ4n) is 3.47. The van der Waals surface area contributed by atoms with Crippen LogP contribution in [0.25, 0.3) is 16.6 Å². The Labute approximate surface area is 173 Å². The van der Waals surface area contributed by atoms with Gasteiger partial charge in [-0.2, -0.15) is 0 Å². The molecule has 0 aliphatic carbocycles. The van der Waals surface area contributed by atoms with Crippen molar-refractivity contribution in [3.63, 3.8) is 0 Å². The summed E-state index contributed by atoms with van der Waals surface area (Å²) in [4.78, 5) is 28.8. The number of amides is 1. The lowest BCUT2D eigenvalue weighted by molar-refractivity contribution is -0.121. The Morgan fingerprint density at radius 3 is 2.80 bits per heavy atom. The third-order valence-electron chi connectivity index (χ3n) is 5.09. The number of benzene rings is 1. The molecule has 4 aromatic rings. The van der Waals surface area contributed by atoms with Gasteiger partial charge in [-0.15, -0.1) is 10.2 Å². The van der Waals surface area contributed by atoms with Crippen LogP contribution in [0.2, 0.25) is 0 Å². The minimum atomic E-state index is -0.0145. The highest BCUT2D eigenvalue weighted by Crippen LogP contribution is 2.07. The predicted octanol–water partition coefficient (Wildman–Crippen LogP) is 2.36. The molecule has 0 fully saturated rings. The van der Waals surface area contributed by atoms with E-state index >= 15 is 0 Å². The monoisotopic (exact) mass is 404 g/mol. The number of nitrogens with one attached hydrogen (secondary N) is 1. The van der Waals surface area contributed by atoms with E-state index in [9.17, 15) is 9.59 Å². The highest BCUT2D eigenvalue weighted by molar-refractivity contribution is 5.77. The van der Waals surface area contributed by atoms with E-state index in [-0.39, 0.29) is 11.5 Å². The molecule has 0 unspecified atom stereocenters. The Kier molecular flexibility index (Phi) is 6.12. The molecule has 3 heterocycles. The maximum absolute atomic E-state index is 12.4. The second-order valence-corrected chi connectivity index (χ2v) is 7.22. The molecule has 0 radical (unpaired) electrons. The molecule has 154 valence electrons. The summed E-state index contributed by atoms with van der Waals surface area (Å²) in [6, 6.07) is 13.1. The van der Waals surface area contributed by atoms with E-state index in [0.29, 0.717) is 31.3 Å². The fraction of sp³-hybridized carbons (Fsp3) is 0.318. The summed E-state index contributed by atoms with van der Waals surface area (Å²) >= 11 is 0. The number of rotatable bonds is 9. The first kappa shape index (κ1) is 19.8. The number of carbonyl (C=O) groups is 1. The third-order valence-corrected chi connectivity index (χ3v) is 5.09. The Hall–Kier alpha value is -3.55. The number of aryl methyl sites for hydroxylation is 1. The maximum atomic E-state index is 12.4. The van der Waals surface area contributed by atoms with Crippen molar-refractivity contribution in [1.82, 2.24) is 29.5 Å². The van der Waals surface area contributed by atoms with Gasteiger partial charge in [0.05, 0.1) is 17.2 Å². The average molecular weight is 404 g/mol. The summed E-state index contributed by atoms with van der Waals surface area (Å²) in [6.45, 7) is 1.14. The summed E-state index contributed by atoms with van der Waals surface area (Å²) in [5, 5.41) is 11.8. The van der Waals surface area contributed by atoms with Crippen LogP contribution in [-0.4, -0.2) is 36.6 Å². The molecule has 0 saturated heterocycles. The number of hydrogen-bond acceptors (Lipinski definition) is 5. The Morgan fingerprint density at radius 1 is 1.00 bits per heavy atom. The van der Waals surface area contributed by atoms with Crippen molar-refractivity contribution in [1.29, 1.82) is 0 Å². The van der Waals surface area contributed by atoms with Crippen LogP contribution in [0.3, 0.4) is 0 Å². The number of fused-ring (bicyclic) bond motifs is 2. The molecule has 0 saturated carbocycles. The van der Waals surface area contributed by atoms with Crippen molar-refractivity contribution in [3.8, 4) is 0 Å². The molecular weight excluding hydrogens is 380 g/mol. The number of aromatic nitrogens is 5. The van der Waals surface area contributed by atoms with Gasteiger partial charge in [0.15, 0.2) is 5.65 Å². The zero-order valence-corrected chi connectivity index (χ0v) is 16.7. The van der Waals surface area contributed by atoms with Gasteiger partial charge in [-0.1, -0.05) is 24.6 Å². The van der Waals surface area contributed by atoms with Gasteiger partial charge >= 0.3 is 0 Å². The number of para-hydroxylation sites is 1. The van der Waals surface area contributed by atoms with Crippen LogP contribution in [0.5, 0.6) is 0 Å². The van der Waals surface area contributed by atoms with Gasteiger partial charge < -0.3 is 5.32 Å². The molecule has 3 aromatic heterocycles. The normalized spacial score (nSPS) is 11.2. The molecule has 0 spiro atoms. The van der Waals surface area contributed by atoms with Crippen molar-refractivity contribution in [2.45, 2.75) is 38.6 Å². The van der Waals surface area contributed by atoms with E-state index in [1.54, 1.807) is 17.0 Å². The summed E-state index contributed by atoms with van der Waals surface area (Å²) < 4.78 is 3.57. The zero-order valence-electron chi connectivity index (χ0n) is 16.7. The Balaban J connectivity index is 1.16. The van der Waals surface area contributed by atoms with E-state index in [1.807, 2.05) is 47.0 Å². The molecule has 8 nitrogen and oxygen atoms in total. The minimum absolute atomic E-state index is 0.0145. The fourth-order valence-corrected chi connectivity index (χ4v) is 3.47. The molecule has 4 rings (SSSR count). The van der Waals surface area contributed by atoms with Gasteiger partial charge in [-0.05, 0) is 37.1 Å². The summed E-state index contributed by atoms with van der Waals surface area (Å²) in [5.74, 6) is 0.869. The van der Waals surface area contributed by atoms with Crippen LogP contribution in [0, 0.1) is 0 Å². The van der Waals surface area contributed by atoms with Crippen LogP contribution < -0.4 is 10.9 Å². The minimum Gasteiger partial charge on any atom is -0.356 e. The number of carbonyl (C=O) groups excluding carboxylic acids is 1. The average Bonchev–Trinajstić information content (AvgIpc) is 3.18. The van der Waals surface area contributed by atoms with Crippen LogP contribution in [0.4, 0.5) is 0 Å². The molecule has 30 heavy (non-hydrogen) atoms. The highest BCUT2D eigenvalue weighted by Gasteiger charge is 2.07. The van der Waals surface area contributed by atoms with Crippen molar-refractivity contribution < 1.29 is 4.79 Å². The molecule has 0 aliphatic rings. The van der Waals surface area contributed by atoms with Gasteiger partial charge in [0, 0.05) is 32.1 Å². The van der Waals surface area contributed by atoms with Crippen molar-refractivity contribution >= 4 is 22.5 Å². The molecule has 1 amide bonds. The van der Waals surface area contributed by atoms with Crippen LogP contribution in [0.1, 0.15) is 31.5 Å². The SMILES string of the molecule is O=C(CCCCCn1cnc2ccccc2c1=O)NCCc1nnc2ccccn12. The summed E-state index contributed by atoms with van der Waals surface area (Å²) in [5.41, 5.74) is 1.51. The summed E-state index contributed by atoms with van der Waals surface area (Å²) in [7, 11) is 0. The standard InChI is InChI=1S/C22H24N6O2/c29-21(23-13-12-20-26-25-19-10-5-7-15-28(19)20)11-2-1-6-14-27-16-24-18-9-4-3-8-17(18)22(27)30/h3-5,7-10,15-16H,1-2,6,11-14H2,(H,23,29). The molecule has 1 aromatic carbocycles. The number of hydrogen-bond donors (Lipinski definition) is 1. The molecule has 1 N–H and O–H groups in total. The quantitative estimate of drug-likeness (QED) is 0.432. The first-order valence-electron chi connectivity index (χ1n) is 10.2. The van der Waals surface area contributed by atoms with E-state index in [1.165, 1.54) is 0 Å². The maximum Gasteiger partial charge on any atom is 0.261 e. The molecule has 8 heteroatoms. The Bertz CT molecular complexity index is 1210. The zero-order chi connectivity index (χ0) is 20.8. The van der Waals surface area contributed by atoms with Crippen LogP contribution in [0.15, 0.2) is 59.8 Å². The number of nitrogens with zero attached hydrogens (tertiary/aromatic N) is 5. The van der Waals surface area contributed by atoms with Gasteiger partial charge in [0.2, 0.25) is 5.91 Å². The van der Waals surface area contributed by atoms with E-state index in [0.717, 1.165) is 36.3 Å². The largest absolute Gasteiger partial charge is 0.356 e. The predicted molar refractivity (Wildman–Crippen MR) is 114 cm³/mol. The molecular formula is C22H24N6O2. The van der Waals surface area contributed by atoms with Crippen molar-refractivity contribution in [2.24, 2.45) is 0 Å². The lowest BCUT2D eigenvalue weighted by Crippen LogP contribution is -2.26. The van der Waals surface area contributed by atoms with Crippen LogP contribution in [-0.2, 0) is 17.8 Å². The first-order valence-corrected chi connectivity index (χ1v) is 10.2. The highest BCUT2D eigenvalue weighted by atomic mass is 16.1. The lowest BCUT2D eigenvalue weighted by atomic mass is 10.2. The van der Waals surface area contributed by atoms with Crippen LogP contribution >= 0.6 is 0 Å². The smallest absolute Gasteiger partial charge is 0.261 e. The van der Waals surface area contributed by atoms with Gasteiger partial charge in [-0.3, -0.25) is 18.6 Å².